The second kappa shape index (κ2) is 3.81. The van der Waals surface area contributed by atoms with E-state index in [9.17, 15) is 5.11 Å². The molecule has 1 rings (SSSR count). The second-order valence-electron chi connectivity index (χ2n) is 2.86. The Morgan fingerprint density at radius 1 is 1.38 bits per heavy atom. The molecule has 0 radical (unpaired) electrons. The average molecular weight is 177 g/mol. The lowest BCUT2D eigenvalue weighted by Crippen LogP contribution is -1.97. The van der Waals surface area contributed by atoms with E-state index in [2.05, 4.69) is 0 Å². The molecule has 0 aliphatic carbocycles. The predicted octanol–water partition coefficient (Wildman–Crippen LogP) is 1.91. The van der Waals surface area contributed by atoms with E-state index in [1.165, 1.54) is 0 Å². The Morgan fingerprint density at radius 2 is 1.92 bits per heavy atom. The van der Waals surface area contributed by atoms with Gasteiger partial charge in [0.15, 0.2) is 6.61 Å². The Labute approximate surface area is 77.2 Å². The summed E-state index contributed by atoms with van der Waals surface area (Å²) in [5.74, 6) is 0.902. The third-order valence-corrected chi connectivity index (χ3v) is 1.73. The number of nitriles is 1. The van der Waals surface area contributed by atoms with E-state index in [0.717, 1.165) is 11.1 Å². The van der Waals surface area contributed by atoms with Crippen molar-refractivity contribution in [2.75, 3.05) is 6.61 Å². The van der Waals surface area contributed by atoms with Crippen molar-refractivity contribution in [1.29, 1.82) is 5.26 Å². The highest BCUT2D eigenvalue weighted by Crippen LogP contribution is 2.27. The zero-order valence-corrected chi connectivity index (χ0v) is 7.66. The number of rotatable bonds is 2. The van der Waals surface area contributed by atoms with Crippen LogP contribution >= 0.6 is 0 Å². The molecule has 0 unspecified atom stereocenters. The smallest absolute Gasteiger partial charge is 0.174 e. The van der Waals surface area contributed by atoms with Gasteiger partial charge < -0.3 is 9.84 Å². The van der Waals surface area contributed by atoms with Crippen LogP contribution in [0.3, 0.4) is 0 Å². The van der Waals surface area contributed by atoms with Crippen LogP contribution in [-0.4, -0.2) is 11.7 Å². The Balaban J connectivity index is 3.00. The van der Waals surface area contributed by atoms with Crippen molar-refractivity contribution in [2.24, 2.45) is 0 Å². The first-order chi connectivity index (χ1) is 6.15. The minimum atomic E-state index is 0.0342. The summed E-state index contributed by atoms with van der Waals surface area (Å²) < 4.78 is 5.20. The van der Waals surface area contributed by atoms with Crippen molar-refractivity contribution < 1.29 is 9.84 Å². The lowest BCUT2D eigenvalue weighted by Gasteiger charge is -2.09. The molecule has 0 saturated carbocycles. The molecule has 0 atom stereocenters. The molecule has 0 spiro atoms. The van der Waals surface area contributed by atoms with Gasteiger partial charge in [0.25, 0.3) is 0 Å². The first-order valence-corrected chi connectivity index (χ1v) is 3.95. The lowest BCUT2D eigenvalue weighted by molar-refractivity contribution is 0.361. The van der Waals surface area contributed by atoms with Gasteiger partial charge in [-0.05, 0) is 37.1 Å². The van der Waals surface area contributed by atoms with Crippen LogP contribution in [0.4, 0.5) is 0 Å². The first kappa shape index (κ1) is 9.40. The molecule has 0 aliphatic heterocycles. The molecule has 0 saturated heterocycles. The van der Waals surface area contributed by atoms with Gasteiger partial charge in [0, 0.05) is 0 Å². The van der Waals surface area contributed by atoms with Gasteiger partial charge in [0.2, 0.25) is 0 Å². The minimum absolute atomic E-state index is 0.0342. The van der Waals surface area contributed by atoms with Gasteiger partial charge in [-0.3, -0.25) is 0 Å². The maximum absolute atomic E-state index is 9.22. The summed E-state index contributed by atoms with van der Waals surface area (Å²) in [6, 6.07) is 5.12. The molecular formula is C10H11NO2. The maximum atomic E-state index is 9.22. The van der Waals surface area contributed by atoms with Crippen LogP contribution in [0.25, 0.3) is 0 Å². The molecule has 0 aliphatic rings. The van der Waals surface area contributed by atoms with Crippen molar-refractivity contribution in [1.82, 2.24) is 0 Å². The zero-order valence-electron chi connectivity index (χ0n) is 7.66. The SMILES string of the molecule is Cc1cc(O)cc(C)c1OCC#N. The zero-order chi connectivity index (χ0) is 9.84. The van der Waals surface area contributed by atoms with Crippen molar-refractivity contribution >= 4 is 0 Å². The van der Waals surface area contributed by atoms with Gasteiger partial charge in [-0.15, -0.1) is 0 Å². The molecule has 1 N–H and O–H groups in total. The molecule has 0 amide bonds. The van der Waals surface area contributed by atoms with Crippen LogP contribution in [0, 0.1) is 25.2 Å². The summed E-state index contributed by atoms with van der Waals surface area (Å²) in [6.45, 7) is 3.70. The largest absolute Gasteiger partial charge is 0.508 e. The van der Waals surface area contributed by atoms with E-state index in [-0.39, 0.29) is 12.4 Å². The van der Waals surface area contributed by atoms with Crippen LogP contribution in [0.1, 0.15) is 11.1 Å². The number of aryl methyl sites for hydroxylation is 2. The lowest BCUT2D eigenvalue weighted by atomic mass is 10.1. The topological polar surface area (TPSA) is 53.2 Å². The van der Waals surface area contributed by atoms with Gasteiger partial charge >= 0.3 is 0 Å². The molecule has 13 heavy (non-hydrogen) atoms. The number of aromatic hydroxyl groups is 1. The Kier molecular flexibility index (Phi) is 2.76. The highest BCUT2D eigenvalue weighted by atomic mass is 16.5. The number of hydrogen-bond acceptors (Lipinski definition) is 3. The molecule has 0 heterocycles. The van der Waals surface area contributed by atoms with Crippen LogP contribution in [-0.2, 0) is 0 Å². The minimum Gasteiger partial charge on any atom is -0.508 e. The molecule has 3 heteroatoms. The van der Waals surface area contributed by atoms with Gasteiger partial charge in [-0.1, -0.05) is 0 Å². The van der Waals surface area contributed by atoms with Gasteiger partial charge in [0.1, 0.15) is 17.6 Å². The number of nitrogens with zero attached hydrogens (tertiary/aromatic N) is 1. The van der Waals surface area contributed by atoms with E-state index < -0.39 is 0 Å². The molecule has 68 valence electrons. The molecule has 0 aromatic heterocycles. The summed E-state index contributed by atoms with van der Waals surface area (Å²) in [6.07, 6.45) is 0. The second-order valence-corrected chi connectivity index (χ2v) is 2.86. The van der Waals surface area contributed by atoms with Crippen LogP contribution in [0.15, 0.2) is 12.1 Å². The summed E-state index contributed by atoms with van der Waals surface area (Å²) in [7, 11) is 0. The summed E-state index contributed by atoms with van der Waals surface area (Å²) in [5, 5.41) is 17.6. The Hall–Kier alpha value is -1.69. The number of hydrogen-bond donors (Lipinski definition) is 1. The first-order valence-electron chi connectivity index (χ1n) is 3.95. The number of ether oxygens (including phenoxy) is 1. The van der Waals surface area contributed by atoms with E-state index >= 15 is 0 Å². The third kappa shape index (κ3) is 2.12. The van der Waals surface area contributed by atoms with Gasteiger partial charge in [-0.2, -0.15) is 5.26 Å². The Morgan fingerprint density at radius 3 is 2.38 bits per heavy atom. The highest BCUT2D eigenvalue weighted by Gasteiger charge is 2.05. The van der Waals surface area contributed by atoms with E-state index in [4.69, 9.17) is 10.00 Å². The monoisotopic (exact) mass is 177 g/mol. The fraction of sp³-hybridized carbons (Fsp3) is 0.300. The van der Waals surface area contributed by atoms with Crippen LogP contribution < -0.4 is 4.74 Å². The van der Waals surface area contributed by atoms with E-state index in [1.807, 2.05) is 19.9 Å². The number of phenolic OH excluding ortho intramolecular Hbond substituents is 1. The summed E-state index contributed by atoms with van der Waals surface area (Å²) >= 11 is 0. The Bertz CT molecular complexity index is 329. The van der Waals surface area contributed by atoms with Crippen molar-refractivity contribution in [3.8, 4) is 17.6 Å². The average Bonchev–Trinajstić information content (AvgIpc) is 2.02. The number of benzene rings is 1. The summed E-state index contributed by atoms with van der Waals surface area (Å²) in [5.41, 5.74) is 1.68. The fourth-order valence-corrected chi connectivity index (χ4v) is 1.26. The molecule has 0 bridgehead atoms. The fourth-order valence-electron chi connectivity index (χ4n) is 1.26. The predicted molar refractivity (Wildman–Crippen MR) is 48.7 cm³/mol. The number of phenols is 1. The standard InChI is InChI=1S/C10H11NO2/c1-7-5-9(12)6-8(2)10(7)13-4-3-11/h5-6,12H,4H2,1-2H3. The molecule has 1 aromatic carbocycles. The molecular weight excluding hydrogens is 166 g/mol. The van der Waals surface area contributed by atoms with Crippen LogP contribution in [0.2, 0.25) is 0 Å². The molecule has 1 aromatic rings. The normalized spacial score (nSPS) is 9.31. The van der Waals surface area contributed by atoms with Gasteiger partial charge in [0.05, 0.1) is 0 Å². The third-order valence-electron chi connectivity index (χ3n) is 1.73. The van der Waals surface area contributed by atoms with E-state index in [0.29, 0.717) is 5.75 Å². The van der Waals surface area contributed by atoms with Gasteiger partial charge in [-0.25, -0.2) is 0 Å². The maximum Gasteiger partial charge on any atom is 0.174 e. The molecule has 0 fully saturated rings. The molecule has 3 nitrogen and oxygen atoms in total. The van der Waals surface area contributed by atoms with Crippen LogP contribution in [0.5, 0.6) is 11.5 Å². The summed E-state index contributed by atoms with van der Waals surface area (Å²) in [4.78, 5) is 0. The van der Waals surface area contributed by atoms with E-state index in [1.54, 1.807) is 12.1 Å². The van der Waals surface area contributed by atoms with Crippen molar-refractivity contribution in [3.63, 3.8) is 0 Å². The van der Waals surface area contributed by atoms with Crippen molar-refractivity contribution in [3.05, 3.63) is 23.3 Å². The quantitative estimate of drug-likeness (QED) is 0.750. The van der Waals surface area contributed by atoms with Crippen molar-refractivity contribution in [2.45, 2.75) is 13.8 Å². The highest BCUT2D eigenvalue weighted by molar-refractivity contribution is 5.45.